The molecule has 168 valence electrons. The third kappa shape index (κ3) is 6.70. The van der Waals surface area contributed by atoms with Crippen molar-refractivity contribution in [1.29, 1.82) is 0 Å². The molecule has 0 aliphatic heterocycles. The number of amides is 1. The fraction of sp³-hybridized carbons (Fsp3) is 0.208. The van der Waals surface area contributed by atoms with Crippen LogP contribution in [0.25, 0.3) is 0 Å². The zero-order chi connectivity index (χ0) is 22.9. The maximum Gasteiger partial charge on any atom is 0.262 e. The molecular weight excluding hydrogens is 451 g/mol. The minimum atomic E-state index is -0.323. The van der Waals surface area contributed by atoms with Gasteiger partial charge in [0, 0.05) is 17.9 Å². The Bertz CT molecular complexity index is 1060. The van der Waals surface area contributed by atoms with Gasteiger partial charge in [0.05, 0.1) is 23.8 Å². The number of rotatable bonds is 10. The molecule has 3 aromatic carbocycles. The second kappa shape index (κ2) is 11.5. The van der Waals surface area contributed by atoms with Crippen molar-refractivity contribution in [3.8, 4) is 17.2 Å². The number of methoxy groups -OCH3 is 1. The molecule has 1 amide bonds. The second-order valence-electron chi connectivity index (χ2n) is 6.76. The molecule has 2 N–H and O–H groups in total. The van der Waals surface area contributed by atoms with Gasteiger partial charge < -0.3 is 24.8 Å². The molecule has 0 saturated carbocycles. The van der Waals surface area contributed by atoms with Crippen LogP contribution in [-0.2, 0) is 11.3 Å². The van der Waals surface area contributed by atoms with Crippen LogP contribution >= 0.6 is 23.2 Å². The van der Waals surface area contributed by atoms with E-state index in [-0.39, 0.29) is 12.5 Å². The Morgan fingerprint density at radius 3 is 2.31 bits per heavy atom. The summed E-state index contributed by atoms with van der Waals surface area (Å²) in [6.45, 7) is 2.79. The second-order valence-corrected chi connectivity index (χ2v) is 7.58. The summed E-state index contributed by atoms with van der Waals surface area (Å²) in [6.07, 6.45) is 0. The number of halogens is 2. The normalized spacial score (nSPS) is 10.4. The van der Waals surface area contributed by atoms with Crippen LogP contribution < -0.4 is 24.8 Å². The van der Waals surface area contributed by atoms with E-state index in [1.54, 1.807) is 31.4 Å². The van der Waals surface area contributed by atoms with E-state index in [0.717, 1.165) is 17.0 Å². The Hall–Kier alpha value is -3.09. The van der Waals surface area contributed by atoms with E-state index in [1.807, 2.05) is 43.3 Å². The van der Waals surface area contributed by atoms with Crippen LogP contribution in [-0.4, -0.2) is 26.2 Å². The summed E-state index contributed by atoms with van der Waals surface area (Å²) in [5, 5.41) is 6.86. The molecule has 0 fully saturated rings. The summed E-state index contributed by atoms with van der Waals surface area (Å²) in [7, 11) is 1.64. The van der Waals surface area contributed by atoms with Crippen LogP contribution in [0.15, 0.2) is 60.7 Å². The molecule has 0 atom stereocenters. The molecule has 3 aromatic rings. The van der Waals surface area contributed by atoms with Crippen LogP contribution in [0.4, 0.5) is 11.4 Å². The van der Waals surface area contributed by atoms with E-state index in [2.05, 4.69) is 10.6 Å². The smallest absolute Gasteiger partial charge is 0.262 e. The number of benzene rings is 3. The predicted octanol–water partition coefficient (Wildman–Crippen LogP) is 6.03. The third-order valence-electron chi connectivity index (χ3n) is 4.46. The standard InChI is InChI=1S/C24H24Cl2N2O4/c1-3-31-23-12-16(14-27-17-5-8-19(30-2)9-6-17)4-11-22(23)32-15-24(29)28-18-7-10-20(25)21(26)13-18/h4-13,27H,3,14-15H2,1-2H3,(H,28,29). The Morgan fingerprint density at radius 2 is 1.62 bits per heavy atom. The molecule has 0 radical (unpaired) electrons. The van der Waals surface area contributed by atoms with Crippen LogP contribution in [0.3, 0.4) is 0 Å². The van der Waals surface area contributed by atoms with Crippen molar-refractivity contribution in [3.63, 3.8) is 0 Å². The lowest BCUT2D eigenvalue weighted by molar-refractivity contribution is -0.118. The van der Waals surface area contributed by atoms with Gasteiger partial charge in [-0.1, -0.05) is 29.3 Å². The van der Waals surface area contributed by atoms with Gasteiger partial charge in [0.1, 0.15) is 5.75 Å². The van der Waals surface area contributed by atoms with Gasteiger partial charge in [0.2, 0.25) is 0 Å². The van der Waals surface area contributed by atoms with Gasteiger partial charge in [-0.3, -0.25) is 4.79 Å². The highest BCUT2D eigenvalue weighted by Crippen LogP contribution is 2.29. The highest BCUT2D eigenvalue weighted by molar-refractivity contribution is 6.42. The number of anilines is 2. The molecule has 8 heteroatoms. The summed E-state index contributed by atoms with van der Waals surface area (Å²) < 4.78 is 16.6. The summed E-state index contributed by atoms with van der Waals surface area (Å²) in [4.78, 5) is 12.3. The quantitative estimate of drug-likeness (QED) is 0.375. The number of hydrogen-bond acceptors (Lipinski definition) is 5. The molecule has 0 aliphatic carbocycles. The molecule has 0 saturated heterocycles. The van der Waals surface area contributed by atoms with Crippen molar-refractivity contribution in [3.05, 3.63) is 76.3 Å². The molecule has 0 unspecified atom stereocenters. The Balaban J connectivity index is 1.59. The van der Waals surface area contributed by atoms with Crippen molar-refractivity contribution in [2.45, 2.75) is 13.5 Å². The van der Waals surface area contributed by atoms with E-state index in [9.17, 15) is 4.79 Å². The summed E-state index contributed by atoms with van der Waals surface area (Å²) in [5.41, 5.74) is 2.53. The maximum atomic E-state index is 12.3. The molecule has 3 rings (SSSR count). The number of carbonyl (C=O) groups excluding carboxylic acids is 1. The molecule has 32 heavy (non-hydrogen) atoms. The lowest BCUT2D eigenvalue weighted by Crippen LogP contribution is -2.20. The van der Waals surface area contributed by atoms with E-state index < -0.39 is 0 Å². The van der Waals surface area contributed by atoms with Crippen molar-refractivity contribution < 1.29 is 19.0 Å². The molecular formula is C24H24Cl2N2O4. The summed E-state index contributed by atoms with van der Waals surface area (Å²) in [6, 6.07) is 18.2. The summed E-state index contributed by atoms with van der Waals surface area (Å²) in [5.74, 6) is 1.54. The maximum absolute atomic E-state index is 12.3. The van der Waals surface area contributed by atoms with E-state index in [0.29, 0.717) is 40.4 Å². The van der Waals surface area contributed by atoms with E-state index in [4.69, 9.17) is 37.4 Å². The Morgan fingerprint density at radius 1 is 0.875 bits per heavy atom. The van der Waals surface area contributed by atoms with Gasteiger partial charge in [0.15, 0.2) is 18.1 Å². The van der Waals surface area contributed by atoms with Crippen LogP contribution in [0.1, 0.15) is 12.5 Å². The van der Waals surface area contributed by atoms with Gasteiger partial charge in [-0.2, -0.15) is 0 Å². The number of hydrogen-bond donors (Lipinski definition) is 2. The Labute approximate surface area is 197 Å². The number of ether oxygens (including phenoxy) is 3. The predicted molar refractivity (Wildman–Crippen MR) is 129 cm³/mol. The lowest BCUT2D eigenvalue weighted by atomic mass is 10.2. The Kier molecular flexibility index (Phi) is 8.48. The van der Waals surface area contributed by atoms with Crippen LogP contribution in [0.5, 0.6) is 17.2 Å². The van der Waals surface area contributed by atoms with Crippen molar-refractivity contribution in [1.82, 2.24) is 0 Å². The van der Waals surface area contributed by atoms with Crippen LogP contribution in [0, 0.1) is 0 Å². The van der Waals surface area contributed by atoms with Crippen molar-refractivity contribution >= 4 is 40.5 Å². The van der Waals surface area contributed by atoms with Gasteiger partial charge in [-0.15, -0.1) is 0 Å². The van der Waals surface area contributed by atoms with Gasteiger partial charge in [-0.25, -0.2) is 0 Å². The zero-order valence-electron chi connectivity index (χ0n) is 17.8. The first-order valence-electron chi connectivity index (χ1n) is 10.00. The average Bonchev–Trinajstić information content (AvgIpc) is 2.80. The van der Waals surface area contributed by atoms with Crippen molar-refractivity contribution in [2.75, 3.05) is 31.0 Å². The summed E-state index contributed by atoms with van der Waals surface area (Å²) >= 11 is 11.9. The fourth-order valence-corrected chi connectivity index (χ4v) is 3.18. The molecule has 0 bridgehead atoms. The third-order valence-corrected chi connectivity index (χ3v) is 5.20. The van der Waals surface area contributed by atoms with E-state index >= 15 is 0 Å². The van der Waals surface area contributed by atoms with Gasteiger partial charge in [-0.05, 0) is 67.1 Å². The average molecular weight is 475 g/mol. The monoisotopic (exact) mass is 474 g/mol. The number of nitrogens with one attached hydrogen (secondary N) is 2. The van der Waals surface area contributed by atoms with E-state index in [1.165, 1.54) is 0 Å². The molecule has 0 aromatic heterocycles. The topological polar surface area (TPSA) is 68.8 Å². The largest absolute Gasteiger partial charge is 0.497 e. The molecule has 0 spiro atoms. The van der Waals surface area contributed by atoms with Gasteiger partial charge in [0.25, 0.3) is 5.91 Å². The highest BCUT2D eigenvalue weighted by Gasteiger charge is 2.10. The lowest BCUT2D eigenvalue weighted by Gasteiger charge is -2.14. The molecule has 0 heterocycles. The first-order valence-corrected chi connectivity index (χ1v) is 10.8. The first kappa shape index (κ1) is 23.6. The highest BCUT2D eigenvalue weighted by atomic mass is 35.5. The number of carbonyl (C=O) groups is 1. The SMILES string of the molecule is CCOc1cc(CNc2ccc(OC)cc2)ccc1OCC(=O)Nc1ccc(Cl)c(Cl)c1. The molecule has 6 nitrogen and oxygen atoms in total. The van der Waals surface area contributed by atoms with Crippen molar-refractivity contribution in [2.24, 2.45) is 0 Å². The minimum absolute atomic E-state index is 0.177. The fourth-order valence-electron chi connectivity index (χ4n) is 2.88. The first-order chi connectivity index (χ1) is 15.5. The zero-order valence-corrected chi connectivity index (χ0v) is 19.3. The van der Waals surface area contributed by atoms with Gasteiger partial charge >= 0.3 is 0 Å². The van der Waals surface area contributed by atoms with Crippen LogP contribution in [0.2, 0.25) is 10.0 Å². The minimum Gasteiger partial charge on any atom is -0.497 e. The molecule has 0 aliphatic rings.